The number of nitrogens with zero attached hydrogens (tertiary/aromatic N) is 1. The molecule has 0 unspecified atom stereocenters. The number of hydrogen-bond donors (Lipinski definition) is 1. The van der Waals surface area contributed by atoms with Crippen molar-refractivity contribution in [3.63, 3.8) is 0 Å². The summed E-state index contributed by atoms with van der Waals surface area (Å²) in [6.45, 7) is 14.0. The van der Waals surface area contributed by atoms with Crippen molar-refractivity contribution in [1.29, 1.82) is 0 Å². The van der Waals surface area contributed by atoms with Crippen LogP contribution in [0.25, 0.3) is 0 Å². The second kappa shape index (κ2) is 16.0. The van der Waals surface area contributed by atoms with E-state index in [0.717, 1.165) is 27.9 Å². The van der Waals surface area contributed by atoms with Gasteiger partial charge in [0.15, 0.2) is 0 Å². The largest absolute Gasteiger partial charge is 0.459 e. The molecule has 4 aromatic carbocycles. The third-order valence-corrected chi connectivity index (χ3v) is 15.6. The Labute approximate surface area is 315 Å². The number of benzene rings is 4. The molecule has 8 nitrogen and oxygen atoms in total. The van der Waals surface area contributed by atoms with E-state index in [1.807, 2.05) is 97.1 Å². The Morgan fingerprint density at radius 2 is 1.26 bits per heavy atom. The molecule has 4 atom stereocenters. The van der Waals surface area contributed by atoms with Gasteiger partial charge in [-0.15, -0.1) is 0 Å². The van der Waals surface area contributed by atoms with E-state index in [0.29, 0.717) is 13.0 Å². The van der Waals surface area contributed by atoms with Crippen LogP contribution < -0.4 is 15.7 Å². The first kappa shape index (κ1) is 38.4. The fourth-order valence-corrected chi connectivity index (χ4v) is 12.8. The van der Waals surface area contributed by atoms with Crippen molar-refractivity contribution in [2.24, 2.45) is 5.41 Å². The monoisotopic (exact) mass is 734 g/mol. The maximum atomic E-state index is 14.7. The van der Waals surface area contributed by atoms with Crippen molar-refractivity contribution in [3.8, 4) is 0 Å². The van der Waals surface area contributed by atoms with Gasteiger partial charge in [0.2, 0.25) is 0 Å². The molecular formula is C44H54N2O6Si. The molecule has 1 amide bonds. The Morgan fingerprint density at radius 3 is 1.75 bits per heavy atom. The third kappa shape index (κ3) is 7.99. The number of carbonyl (C=O) groups is 2. The zero-order chi connectivity index (χ0) is 37.7. The first-order valence-corrected chi connectivity index (χ1v) is 20.6. The first-order valence-electron chi connectivity index (χ1n) is 18.7. The number of amides is 1. The minimum atomic E-state index is -3.06. The first-order chi connectivity index (χ1) is 25.4. The smallest absolute Gasteiger partial charge is 0.407 e. The third-order valence-electron chi connectivity index (χ3n) is 10.6. The number of esters is 1. The van der Waals surface area contributed by atoms with Gasteiger partial charge in [0.25, 0.3) is 8.32 Å². The Hall–Kier alpha value is -4.28. The molecule has 0 saturated carbocycles. The molecule has 4 aromatic rings. The van der Waals surface area contributed by atoms with E-state index in [-0.39, 0.29) is 36.2 Å². The van der Waals surface area contributed by atoms with Gasteiger partial charge in [0.05, 0.1) is 12.6 Å². The maximum absolute atomic E-state index is 14.7. The van der Waals surface area contributed by atoms with Crippen molar-refractivity contribution >= 4 is 30.8 Å². The molecule has 0 aliphatic carbocycles. The number of alkyl carbamates (subject to hydrolysis) is 1. The van der Waals surface area contributed by atoms with Crippen LogP contribution >= 0.6 is 0 Å². The molecule has 53 heavy (non-hydrogen) atoms. The van der Waals surface area contributed by atoms with Crippen LogP contribution in [0.3, 0.4) is 0 Å². The molecule has 1 N–H and O–H groups in total. The summed E-state index contributed by atoms with van der Waals surface area (Å²) >= 11 is 0. The molecule has 2 aliphatic rings. The predicted octanol–water partition coefficient (Wildman–Crippen LogP) is 7.21. The maximum Gasteiger partial charge on any atom is 0.407 e. The summed E-state index contributed by atoms with van der Waals surface area (Å²) in [5, 5.41) is 5.08. The highest BCUT2D eigenvalue weighted by atomic mass is 28.4. The Kier molecular flexibility index (Phi) is 11.6. The van der Waals surface area contributed by atoms with Crippen LogP contribution in [0.2, 0.25) is 5.04 Å². The number of fused-ring (bicyclic) bond motifs is 1. The van der Waals surface area contributed by atoms with Crippen molar-refractivity contribution < 1.29 is 28.2 Å². The summed E-state index contributed by atoms with van der Waals surface area (Å²) < 4.78 is 26.5. The highest BCUT2D eigenvalue weighted by Crippen LogP contribution is 2.49. The van der Waals surface area contributed by atoms with Gasteiger partial charge in [-0.25, -0.2) is 9.59 Å². The van der Waals surface area contributed by atoms with E-state index in [4.69, 9.17) is 18.6 Å². The van der Waals surface area contributed by atoms with E-state index in [2.05, 4.69) is 76.0 Å². The fraction of sp³-hybridized carbons (Fsp3) is 0.409. The van der Waals surface area contributed by atoms with Crippen LogP contribution in [-0.4, -0.2) is 62.3 Å². The minimum absolute atomic E-state index is 0.0802. The number of rotatable bonds is 12. The average Bonchev–Trinajstić information content (AvgIpc) is 3.73. The number of hydrogen-bond acceptors (Lipinski definition) is 7. The summed E-state index contributed by atoms with van der Waals surface area (Å²) in [5.41, 5.74) is 0.273. The number of nitrogens with one attached hydrogen (secondary N) is 1. The zero-order valence-electron chi connectivity index (χ0n) is 31.9. The summed E-state index contributed by atoms with van der Waals surface area (Å²) in [7, 11) is -3.06. The van der Waals surface area contributed by atoms with E-state index < -0.39 is 38.3 Å². The number of carbonyl (C=O) groups excluding carboxylic acids is 2. The molecule has 2 heterocycles. The lowest BCUT2D eigenvalue weighted by Crippen LogP contribution is -2.69. The van der Waals surface area contributed by atoms with Crippen molar-refractivity contribution in [2.75, 3.05) is 13.2 Å². The SMILES string of the molecule is CC(C)(C)[C@@H]1O[C@@H]([C@H](CO[Si](c2ccccc2)(c2ccccc2)C(C)(C)C)NC(=O)OCc2ccccc2)[C@@]2(C(=O)OCc3ccccc3)CCCN12. The van der Waals surface area contributed by atoms with Gasteiger partial charge < -0.3 is 24.0 Å². The van der Waals surface area contributed by atoms with Gasteiger partial charge in [-0.05, 0) is 39.4 Å². The Balaban J connectivity index is 1.41. The second-order valence-electron chi connectivity index (χ2n) is 16.3. The molecule has 2 aliphatic heterocycles. The standard InChI is InChI=1S/C44H54N2O6Si/c1-42(2,3)39-46-29-19-28-44(46,40(47)49-30-33-20-11-7-12-21-33)38(52-39)37(45-41(48)50-31-34-22-13-8-14-23-34)32-51-53(43(4,5)6,35-24-15-9-16-25-35)36-26-17-10-18-27-36/h7-18,20-27,37-39H,19,28-32H2,1-6H3,(H,45,48)/t37-,38-,39-,44+/m0/s1. The number of ether oxygens (including phenoxy) is 3. The lowest BCUT2D eigenvalue weighted by molar-refractivity contribution is -0.159. The van der Waals surface area contributed by atoms with Crippen LogP contribution in [0, 0.1) is 5.41 Å². The van der Waals surface area contributed by atoms with Gasteiger partial charge in [0.1, 0.15) is 31.1 Å². The van der Waals surface area contributed by atoms with E-state index in [1.54, 1.807) is 0 Å². The minimum Gasteiger partial charge on any atom is -0.459 e. The van der Waals surface area contributed by atoms with Gasteiger partial charge in [-0.2, -0.15) is 0 Å². The van der Waals surface area contributed by atoms with E-state index in [9.17, 15) is 9.59 Å². The summed E-state index contributed by atoms with van der Waals surface area (Å²) in [4.78, 5) is 30.7. The molecule has 2 saturated heterocycles. The molecule has 0 aromatic heterocycles. The van der Waals surface area contributed by atoms with E-state index in [1.165, 1.54) is 0 Å². The predicted molar refractivity (Wildman–Crippen MR) is 210 cm³/mol. The molecule has 0 spiro atoms. The van der Waals surface area contributed by atoms with Gasteiger partial charge in [-0.3, -0.25) is 4.90 Å². The van der Waals surface area contributed by atoms with Crippen LogP contribution in [0.1, 0.15) is 65.5 Å². The quantitative estimate of drug-likeness (QED) is 0.122. The molecule has 6 rings (SSSR count). The normalized spacial score (nSPS) is 21.1. The highest BCUT2D eigenvalue weighted by molar-refractivity contribution is 6.99. The van der Waals surface area contributed by atoms with Crippen LogP contribution in [-0.2, 0) is 36.6 Å². The van der Waals surface area contributed by atoms with Gasteiger partial charge >= 0.3 is 12.1 Å². The van der Waals surface area contributed by atoms with Crippen LogP contribution in [0.5, 0.6) is 0 Å². The summed E-state index contributed by atoms with van der Waals surface area (Å²) in [6.07, 6.45) is -0.496. The van der Waals surface area contributed by atoms with E-state index >= 15 is 0 Å². The lowest BCUT2D eigenvalue weighted by Gasteiger charge is -2.44. The highest BCUT2D eigenvalue weighted by Gasteiger charge is 2.66. The van der Waals surface area contributed by atoms with Gasteiger partial charge in [0, 0.05) is 12.0 Å². The fourth-order valence-electron chi connectivity index (χ4n) is 8.20. The van der Waals surface area contributed by atoms with Crippen molar-refractivity contribution in [2.45, 2.75) is 96.5 Å². The molecule has 0 radical (unpaired) electrons. The molecule has 280 valence electrons. The summed E-state index contributed by atoms with van der Waals surface area (Å²) in [6, 6.07) is 39.3. The topological polar surface area (TPSA) is 86.3 Å². The van der Waals surface area contributed by atoms with Crippen LogP contribution in [0.15, 0.2) is 121 Å². The Morgan fingerprint density at radius 1 is 0.774 bits per heavy atom. The van der Waals surface area contributed by atoms with Crippen molar-refractivity contribution in [1.82, 2.24) is 10.2 Å². The molecule has 9 heteroatoms. The summed E-state index contributed by atoms with van der Waals surface area (Å²) in [5.74, 6) is -0.356. The van der Waals surface area contributed by atoms with Crippen LogP contribution in [0.4, 0.5) is 4.79 Å². The lowest BCUT2D eigenvalue weighted by atomic mass is 9.85. The molecule has 2 fully saturated rings. The molecular weight excluding hydrogens is 681 g/mol. The second-order valence-corrected chi connectivity index (χ2v) is 20.7. The van der Waals surface area contributed by atoms with Crippen molar-refractivity contribution in [3.05, 3.63) is 132 Å². The molecule has 0 bridgehead atoms. The average molecular weight is 735 g/mol. The zero-order valence-corrected chi connectivity index (χ0v) is 32.9. The Bertz CT molecular complexity index is 1760. The van der Waals surface area contributed by atoms with Gasteiger partial charge in [-0.1, -0.05) is 163 Å².